The largest absolute Gasteiger partial charge is 0.497 e. The molecule has 2 aromatic carbocycles. The van der Waals surface area contributed by atoms with Gasteiger partial charge in [0.25, 0.3) is 5.56 Å². The second kappa shape index (κ2) is 13.6. The molecule has 0 aliphatic rings. The molecular weight excluding hydrogens is 573 g/mol. The predicted molar refractivity (Wildman–Crippen MR) is 169 cm³/mol. The first-order chi connectivity index (χ1) is 21.7. The van der Waals surface area contributed by atoms with Crippen LogP contribution in [0.1, 0.15) is 46.7 Å². The van der Waals surface area contributed by atoms with E-state index < -0.39 is 23.4 Å². The van der Waals surface area contributed by atoms with Gasteiger partial charge < -0.3 is 18.9 Å². The maximum absolute atomic E-state index is 14.9. The number of benzene rings is 2. The first-order valence-electron chi connectivity index (χ1n) is 14.6. The van der Waals surface area contributed by atoms with Crippen molar-refractivity contribution in [1.29, 1.82) is 5.26 Å². The zero-order valence-electron chi connectivity index (χ0n) is 25.7. The molecule has 230 valence electrons. The predicted octanol–water partition coefficient (Wildman–Crippen LogP) is 5.47. The summed E-state index contributed by atoms with van der Waals surface area (Å²) in [6, 6.07) is 21.5. The maximum atomic E-state index is 14.9. The fourth-order valence-corrected chi connectivity index (χ4v) is 5.35. The molecule has 0 unspecified atom stereocenters. The number of aromatic nitrogens is 3. The molecule has 0 bridgehead atoms. The highest BCUT2D eigenvalue weighted by atomic mass is 19.1. The number of nitrogens with zero attached hydrogens (tertiary/aromatic N) is 5. The number of hydrogen-bond acceptors (Lipinski definition) is 7. The molecule has 5 aromatic rings. The molecular formula is C35H34FN5O4. The van der Waals surface area contributed by atoms with E-state index in [-0.39, 0.29) is 29.9 Å². The van der Waals surface area contributed by atoms with Gasteiger partial charge in [-0.1, -0.05) is 36.4 Å². The van der Waals surface area contributed by atoms with Crippen LogP contribution in [0, 0.1) is 17.1 Å². The number of halogens is 1. The van der Waals surface area contributed by atoms with Crippen molar-refractivity contribution >= 4 is 11.6 Å². The molecule has 0 saturated carbocycles. The molecule has 0 amide bonds. The Morgan fingerprint density at radius 1 is 1.09 bits per heavy atom. The van der Waals surface area contributed by atoms with E-state index in [0.29, 0.717) is 41.1 Å². The van der Waals surface area contributed by atoms with Gasteiger partial charge in [0.15, 0.2) is 0 Å². The Morgan fingerprint density at radius 3 is 2.47 bits per heavy atom. The number of hydrogen-bond donors (Lipinski definition) is 0. The number of methoxy groups -OCH3 is 1. The zero-order chi connectivity index (χ0) is 32.1. The average molecular weight is 608 g/mol. The molecule has 0 fully saturated rings. The monoisotopic (exact) mass is 607 g/mol. The summed E-state index contributed by atoms with van der Waals surface area (Å²) in [5.41, 5.74) is 2.64. The van der Waals surface area contributed by atoms with Gasteiger partial charge in [0.2, 0.25) is 0 Å². The quantitative estimate of drug-likeness (QED) is 0.184. The van der Waals surface area contributed by atoms with Crippen molar-refractivity contribution in [2.24, 2.45) is 0 Å². The standard InChI is InChI=1S/C35H34FN5O4/c1-23(2)45-35(43)29-21-40(20-25-9-5-6-11-30(25)36)33-28(19-37)32(24-12-14-27(44-4)15-13-24)31(41(33)34(29)42)22-39(3)18-16-26-10-7-8-17-38-26/h5-15,17,21,23H,16,18,20,22H2,1-4H3. The van der Waals surface area contributed by atoms with Crippen LogP contribution in [-0.2, 0) is 24.2 Å². The minimum Gasteiger partial charge on any atom is -0.497 e. The average Bonchev–Trinajstić information content (AvgIpc) is 3.36. The summed E-state index contributed by atoms with van der Waals surface area (Å²) in [6.07, 6.45) is 3.29. The van der Waals surface area contributed by atoms with Gasteiger partial charge in [-0.2, -0.15) is 5.26 Å². The van der Waals surface area contributed by atoms with Gasteiger partial charge >= 0.3 is 5.97 Å². The Morgan fingerprint density at radius 2 is 1.82 bits per heavy atom. The van der Waals surface area contributed by atoms with E-state index in [9.17, 15) is 19.2 Å². The van der Waals surface area contributed by atoms with Crippen molar-refractivity contribution in [3.8, 4) is 22.9 Å². The molecule has 0 spiro atoms. The lowest BCUT2D eigenvalue weighted by molar-refractivity contribution is 0.0374. The van der Waals surface area contributed by atoms with Crippen molar-refractivity contribution in [2.45, 2.75) is 39.5 Å². The van der Waals surface area contributed by atoms with Gasteiger partial charge in [-0.25, -0.2) is 9.18 Å². The Kier molecular flexibility index (Phi) is 9.40. The number of pyridine rings is 1. The number of likely N-dealkylation sites (N-methyl/N-ethyl adjacent to an activating group) is 1. The lowest BCUT2D eigenvalue weighted by atomic mass is 10.0. The van der Waals surface area contributed by atoms with Crippen LogP contribution in [0.3, 0.4) is 0 Å². The summed E-state index contributed by atoms with van der Waals surface area (Å²) in [4.78, 5) is 33.9. The number of carbonyl (C=O) groups is 1. The Balaban J connectivity index is 1.77. The summed E-state index contributed by atoms with van der Waals surface area (Å²) in [6.45, 7) is 4.22. The maximum Gasteiger partial charge on any atom is 0.345 e. The SMILES string of the molecule is COc1ccc(-c2c(C#N)c3n(Cc4ccccc4F)cc(C(=O)OC(C)C)c(=O)n3c2CN(C)CCc2ccccn2)cc1. The lowest BCUT2D eigenvalue weighted by Crippen LogP contribution is -2.30. The summed E-state index contributed by atoms with van der Waals surface area (Å²) < 4.78 is 28.7. The third kappa shape index (κ3) is 6.64. The second-order valence-corrected chi connectivity index (χ2v) is 11.0. The number of ether oxygens (including phenoxy) is 2. The van der Waals surface area contributed by atoms with Crippen molar-refractivity contribution in [1.82, 2.24) is 18.9 Å². The normalized spacial score (nSPS) is 11.2. The van der Waals surface area contributed by atoms with Gasteiger partial charge in [-0.3, -0.25) is 14.2 Å². The first-order valence-corrected chi connectivity index (χ1v) is 14.6. The van der Waals surface area contributed by atoms with Crippen LogP contribution in [0.2, 0.25) is 0 Å². The third-order valence-electron chi connectivity index (χ3n) is 7.48. The Bertz CT molecular complexity index is 1920. The molecule has 3 aromatic heterocycles. The van der Waals surface area contributed by atoms with Gasteiger partial charge in [-0.15, -0.1) is 0 Å². The van der Waals surface area contributed by atoms with E-state index in [1.165, 1.54) is 16.7 Å². The smallest absolute Gasteiger partial charge is 0.345 e. The number of esters is 1. The van der Waals surface area contributed by atoms with Crippen molar-refractivity contribution in [2.75, 3.05) is 20.7 Å². The van der Waals surface area contributed by atoms with Gasteiger partial charge in [-0.05, 0) is 56.8 Å². The molecule has 5 rings (SSSR count). The third-order valence-corrected chi connectivity index (χ3v) is 7.48. The van der Waals surface area contributed by atoms with Crippen molar-refractivity contribution in [3.63, 3.8) is 0 Å². The van der Waals surface area contributed by atoms with E-state index in [2.05, 4.69) is 11.1 Å². The second-order valence-electron chi connectivity index (χ2n) is 11.0. The van der Waals surface area contributed by atoms with Crippen molar-refractivity contribution in [3.05, 3.63) is 123 Å². The molecule has 45 heavy (non-hydrogen) atoms. The molecule has 0 saturated heterocycles. The van der Waals surface area contributed by atoms with E-state index in [0.717, 1.165) is 5.69 Å². The molecule has 0 aliphatic carbocycles. The molecule has 3 heterocycles. The molecule has 0 atom stereocenters. The first kappa shape index (κ1) is 31.2. The summed E-state index contributed by atoms with van der Waals surface area (Å²) in [7, 11) is 3.48. The van der Waals surface area contributed by atoms with Crippen molar-refractivity contribution < 1.29 is 18.7 Å². The van der Waals surface area contributed by atoms with Gasteiger partial charge in [0, 0.05) is 48.7 Å². The van der Waals surface area contributed by atoms with Gasteiger partial charge in [0.1, 0.15) is 34.4 Å². The molecule has 9 nitrogen and oxygen atoms in total. The number of carbonyl (C=O) groups excluding carboxylic acids is 1. The van der Waals surface area contributed by atoms with E-state index in [4.69, 9.17) is 9.47 Å². The minimum atomic E-state index is -0.799. The fraction of sp³-hybridized carbons (Fsp3) is 0.257. The molecule has 0 aliphatic heterocycles. The number of rotatable bonds is 11. The molecule has 0 radical (unpaired) electrons. The van der Waals surface area contributed by atoms with Crippen LogP contribution in [-0.4, -0.2) is 51.6 Å². The topological polar surface area (TPSA) is 102 Å². The minimum absolute atomic E-state index is 0.0336. The molecule has 10 heteroatoms. The summed E-state index contributed by atoms with van der Waals surface area (Å²) in [5, 5.41) is 10.6. The summed E-state index contributed by atoms with van der Waals surface area (Å²) in [5.74, 6) is -0.615. The van der Waals surface area contributed by atoms with Crippen LogP contribution >= 0.6 is 0 Å². The highest BCUT2D eigenvalue weighted by Crippen LogP contribution is 2.34. The zero-order valence-corrected chi connectivity index (χ0v) is 25.7. The van der Waals surface area contributed by atoms with Crippen LogP contribution in [0.25, 0.3) is 16.8 Å². The molecule has 0 N–H and O–H groups in total. The van der Waals surface area contributed by atoms with Crippen LogP contribution in [0.4, 0.5) is 4.39 Å². The number of fused-ring (bicyclic) bond motifs is 1. The van der Waals surface area contributed by atoms with E-state index in [1.807, 2.05) is 42.3 Å². The van der Waals surface area contributed by atoms with E-state index in [1.54, 1.807) is 62.1 Å². The summed E-state index contributed by atoms with van der Waals surface area (Å²) >= 11 is 0. The Labute approximate surface area is 260 Å². The lowest BCUT2D eigenvalue weighted by Gasteiger charge is -2.19. The van der Waals surface area contributed by atoms with Crippen LogP contribution in [0.5, 0.6) is 5.75 Å². The highest BCUT2D eigenvalue weighted by Gasteiger charge is 2.28. The Hall–Kier alpha value is -5.27. The van der Waals surface area contributed by atoms with Crippen LogP contribution < -0.4 is 10.3 Å². The van der Waals surface area contributed by atoms with Crippen LogP contribution in [0.15, 0.2) is 83.9 Å². The van der Waals surface area contributed by atoms with Gasteiger partial charge in [0.05, 0.1) is 25.5 Å². The van der Waals surface area contributed by atoms with E-state index >= 15 is 0 Å². The highest BCUT2D eigenvalue weighted by molar-refractivity contribution is 5.90. The number of nitriles is 1. The fourth-order valence-electron chi connectivity index (χ4n) is 5.35.